The third-order valence-electron chi connectivity index (χ3n) is 5.18. The zero-order valence-electron chi connectivity index (χ0n) is 13.8. The maximum absolute atomic E-state index is 12.8. The molecule has 2 fully saturated rings. The molecule has 1 aromatic rings. The van der Waals surface area contributed by atoms with Crippen molar-refractivity contribution in [3.05, 3.63) is 29.8 Å². The highest BCUT2D eigenvalue weighted by Gasteiger charge is 2.49. The minimum absolute atomic E-state index is 0. The molecule has 0 bridgehead atoms. The van der Waals surface area contributed by atoms with E-state index in [0.717, 1.165) is 30.8 Å². The third kappa shape index (κ3) is 3.81. The van der Waals surface area contributed by atoms with E-state index >= 15 is 0 Å². The molecule has 0 radical (unpaired) electrons. The van der Waals surface area contributed by atoms with Gasteiger partial charge in [0, 0.05) is 13.1 Å². The Morgan fingerprint density at radius 1 is 1.35 bits per heavy atom. The summed E-state index contributed by atoms with van der Waals surface area (Å²) in [5.74, 6) is 1.63. The molecule has 2 atom stereocenters. The van der Waals surface area contributed by atoms with Crippen LogP contribution in [0.15, 0.2) is 24.3 Å². The lowest BCUT2D eigenvalue weighted by molar-refractivity contribution is -0.134. The standard InChI is InChI=1S/C18H26N2O2.ClH/c1-2-22-16-8-6-14(7-9-16)11-20-17(21)18-10-4-3-5-15(18)12-19-13-18;/h6-9,15,19H,2-5,10-13H2,1H3,(H,20,21);1H/t15-,18+;/m0./s1. The Labute approximate surface area is 144 Å². The number of fused-ring (bicyclic) bond motifs is 1. The summed E-state index contributed by atoms with van der Waals surface area (Å²) < 4.78 is 5.44. The molecule has 1 saturated heterocycles. The van der Waals surface area contributed by atoms with Gasteiger partial charge in [-0.1, -0.05) is 25.0 Å². The molecule has 3 rings (SSSR count). The highest BCUT2D eigenvalue weighted by Crippen LogP contribution is 2.43. The van der Waals surface area contributed by atoms with Crippen molar-refractivity contribution >= 4 is 18.3 Å². The molecule has 1 amide bonds. The molecule has 128 valence electrons. The van der Waals surface area contributed by atoms with E-state index in [9.17, 15) is 4.79 Å². The van der Waals surface area contributed by atoms with Gasteiger partial charge in [-0.15, -0.1) is 12.4 Å². The van der Waals surface area contributed by atoms with E-state index < -0.39 is 0 Å². The Morgan fingerprint density at radius 2 is 2.13 bits per heavy atom. The molecule has 4 nitrogen and oxygen atoms in total. The van der Waals surface area contributed by atoms with Gasteiger partial charge in [0.25, 0.3) is 0 Å². The van der Waals surface area contributed by atoms with Gasteiger partial charge in [0.1, 0.15) is 5.75 Å². The first kappa shape index (κ1) is 18.1. The molecule has 23 heavy (non-hydrogen) atoms. The van der Waals surface area contributed by atoms with Crippen LogP contribution in [-0.2, 0) is 11.3 Å². The molecule has 1 aliphatic heterocycles. The van der Waals surface area contributed by atoms with Crippen LogP contribution in [0.1, 0.15) is 38.2 Å². The molecule has 2 aliphatic rings. The average Bonchev–Trinajstić information content (AvgIpc) is 2.99. The fourth-order valence-electron chi connectivity index (χ4n) is 3.92. The van der Waals surface area contributed by atoms with Gasteiger partial charge < -0.3 is 15.4 Å². The third-order valence-corrected chi connectivity index (χ3v) is 5.18. The molecule has 1 heterocycles. The lowest BCUT2D eigenvalue weighted by Gasteiger charge is -2.37. The normalized spacial score (nSPS) is 26.0. The minimum Gasteiger partial charge on any atom is -0.494 e. The number of nitrogens with one attached hydrogen (secondary N) is 2. The van der Waals surface area contributed by atoms with Crippen molar-refractivity contribution in [2.45, 2.75) is 39.2 Å². The summed E-state index contributed by atoms with van der Waals surface area (Å²) in [6.07, 6.45) is 4.65. The number of carbonyl (C=O) groups excluding carboxylic acids is 1. The van der Waals surface area contributed by atoms with Crippen molar-refractivity contribution in [1.29, 1.82) is 0 Å². The summed E-state index contributed by atoms with van der Waals surface area (Å²) in [5.41, 5.74) is 0.954. The van der Waals surface area contributed by atoms with E-state index in [1.807, 2.05) is 31.2 Å². The predicted molar refractivity (Wildman–Crippen MR) is 94.0 cm³/mol. The topological polar surface area (TPSA) is 50.4 Å². The fourth-order valence-corrected chi connectivity index (χ4v) is 3.92. The van der Waals surface area contributed by atoms with E-state index in [-0.39, 0.29) is 23.7 Å². The number of hydrogen-bond donors (Lipinski definition) is 2. The van der Waals surface area contributed by atoms with Crippen molar-refractivity contribution in [2.24, 2.45) is 11.3 Å². The van der Waals surface area contributed by atoms with Crippen LogP contribution in [0.2, 0.25) is 0 Å². The van der Waals surface area contributed by atoms with Gasteiger partial charge in [-0.2, -0.15) is 0 Å². The first-order chi connectivity index (χ1) is 10.7. The molecule has 1 aromatic carbocycles. The molecule has 2 N–H and O–H groups in total. The van der Waals surface area contributed by atoms with Crippen LogP contribution in [0.25, 0.3) is 0 Å². The number of carbonyl (C=O) groups is 1. The lowest BCUT2D eigenvalue weighted by Crippen LogP contribution is -2.47. The van der Waals surface area contributed by atoms with Gasteiger partial charge in [0.2, 0.25) is 5.91 Å². The monoisotopic (exact) mass is 338 g/mol. The highest BCUT2D eigenvalue weighted by atomic mass is 35.5. The molecule has 0 spiro atoms. The van der Waals surface area contributed by atoms with E-state index in [1.165, 1.54) is 19.3 Å². The van der Waals surface area contributed by atoms with Gasteiger partial charge in [-0.25, -0.2) is 0 Å². The molecule has 5 heteroatoms. The second-order valence-corrected chi connectivity index (χ2v) is 6.49. The van der Waals surface area contributed by atoms with Gasteiger partial charge in [-0.3, -0.25) is 4.79 Å². The van der Waals surface area contributed by atoms with Gasteiger partial charge >= 0.3 is 0 Å². The molecule has 0 aromatic heterocycles. The van der Waals surface area contributed by atoms with Crippen LogP contribution in [0, 0.1) is 11.3 Å². The summed E-state index contributed by atoms with van der Waals surface area (Å²) in [6.45, 7) is 5.08. The van der Waals surface area contributed by atoms with E-state index in [1.54, 1.807) is 0 Å². The lowest BCUT2D eigenvalue weighted by atomic mass is 9.67. The summed E-state index contributed by atoms with van der Waals surface area (Å²) in [4.78, 5) is 12.8. The van der Waals surface area contributed by atoms with Crippen molar-refractivity contribution in [1.82, 2.24) is 10.6 Å². The Morgan fingerprint density at radius 3 is 2.87 bits per heavy atom. The molecular formula is C18H27ClN2O2. The second-order valence-electron chi connectivity index (χ2n) is 6.49. The Kier molecular flexibility index (Phi) is 6.31. The van der Waals surface area contributed by atoms with E-state index in [0.29, 0.717) is 19.1 Å². The van der Waals surface area contributed by atoms with E-state index in [4.69, 9.17) is 4.74 Å². The highest BCUT2D eigenvalue weighted by molar-refractivity contribution is 5.85. The number of halogens is 1. The summed E-state index contributed by atoms with van der Waals surface area (Å²) in [5, 5.41) is 6.59. The van der Waals surface area contributed by atoms with Crippen molar-refractivity contribution < 1.29 is 9.53 Å². The number of amides is 1. The van der Waals surface area contributed by atoms with Crippen molar-refractivity contribution in [3.63, 3.8) is 0 Å². The van der Waals surface area contributed by atoms with Crippen LogP contribution in [0.5, 0.6) is 5.75 Å². The average molecular weight is 339 g/mol. The summed E-state index contributed by atoms with van der Waals surface area (Å²) in [6, 6.07) is 7.97. The van der Waals surface area contributed by atoms with Crippen molar-refractivity contribution in [2.75, 3.05) is 19.7 Å². The van der Waals surface area contributed by atoms with Gasteiger partial charge in [0.05, 0.1) is 12.0 Å². The van der Waals surface area contributed by atoms with Crippen LogP contribution in [0.3, 0.4) is 0 Å². The maximum Gasteiger partial charge on any atom is 0.228 e. The first-order valence-corrected chi connectivity index (χ1v) is 8.45. The smallest absolute Gasteiger partial charge is 0.228 e. The quantitative estimate of drug-likeness (QED) is 0.868. The number of benzene rings is 1. The van der Waals surface area contributed by atoms with Crippen LogP contribution < -0.4 is 15.4 Å². The molecular weight excluding hydrogens is 312 g/mol. The summed E-state index contributed by atoms with van der Waals surface area (Å²) >= 11 is 0. The second kappa shape index (κ2) is 8.02. The summed E-state index contributed by atoms with van der Waals surface area (Å²) in [7, 11) is 0. The van der Waals surface area contributed by atoms with E-state index in [2.05, 4.69) is 10.6 Å². The molecule has 1 aliphatic carbocycles. The van der Waals surface area contributed by atoms with Crippen molar-refractivity contribution in [3.8, 4) is 5.75 Å². The fraction of sp³-hybridized carbons (Fsp3) is 0.611. The number of rotatable bonds is 5. The van der Waals surface area contributed by atoms with Crippen LogP contribution in [0.4, 0.5) is 0 Å². The maximum atomic E-state index is 12.8. The Bertz CT molecular complexity index is 520. The Hall–Kier alpha value is -1.26. The first-order valence-electron chi connectivity index (χ1n) is 8.45. The largest absolute Gasteiger partial charge is 0.494 e. The number of ether oxygens (including phenoxy) is 1. The van der Waals surface area contributed by atoms with Gasteiger partial charge in [-0.05, 0) is 49.9 Å². The zero-order chi connectivity index (χ0) is 15.4. The zero-order valence-corrected chi connectivity index (χ0v) is 14.6. The van der Waals surface area contributed by atoms with Gasteiger partial charge in [0.15, 0.2) is 0 Å². The minimum atomic E-state index is -0.163. The molecule has 1 saturated carbocycles. The van der Waals surface area contributed by atoms with Crippen LogP contribution in [-0.4, -0.2) is 25.6 Å². The van der Waals surface area contributed by atoms with Crippen LogP contribution >= 0.6 is 12.4 Å². The predicted octanol–water partition coefficient (Wildman–Crippen LogP) is 2.90. The Balaban J connectivity index is 0.00000192. The number of hydrogen-bond acceptors (Lipinski definition) is 3. The molecule has 0 unspecified atom stereocenters. The SMILES string of the molecule is CCOc1ccc(CNC(=O)[C@@]23CCCC[C@H]2CNC3)cc1.Cl.